The summed E-state index contributed by atoms with van der Waals surface area (Å²) in [6, 6.07) is 4.75. The molecule has 0 unspecified atom stereocenters. The number of unbranched alkanes of at least 4 members (excludes halogenated alkanes) is 1. The number of hydrogen-bond acceptors (Lipinski definition) is 4. The second kappa shape index (κ2) is 12.2. The molecule has 1 aromatic heterocycles. The summed E-state index contributed by atoms with van der Waals surface area (Å²) in [6.07, 6.45) is 5.46. The summed E-state index contributed by atoms with van der Waals surface area (Å²) in [5.41, 5.74) is 1.85. The van der Waals surface area contributed by atoms with Crippen molar-refractivity contribution < 1.29 is 14.7 Å². The third kappa shape index (κ3) is 7.28. The van der Waals surface area contributed by atoms with Gasteiger partial charge in [-0.15, -0.1) is 0 Å². The zero-order chi connectivity index (χ0) is 23.0. The van der Waals surface area contributed by atoms with E-state index < -0.39 is 5.97 Å². The molecule has 0 aliphatic carbocycles. The number of imidazole rings is 1. The fourth-order valence-electron chi connectivity index (χ4n) is 3.46. The molecule has 1 aromatic carbocycles. The van der Waals surface area contributed by atoms with Crippen LogP contribution in [0.4, 0.5) is 0 Å². The Hall–Kier alpha value is -1.99. The van der Waals surface area contributed by atoms with Crippen molar-refractivity contribution in [1.82, 2.24) is 14.9 Å². The predicted molar refractivity (Wildman–Crippen MR) is 127 cm³/mol. The van der Waals surface area contributed by atoms with E-state index in [1.54, 1.807) is 18.3 Å². The van der Waals surface area contributed by atoms with E-state index in [-0.39, 0.29) is 17.4 Å². The average Bonchev–Trinajstić information content (AvgIpc) is 3.11. The first-order valence-electron chi connectivity index (χ1n) is 10.7. The molecule has 1 heterocycles. The average molecular weight is 466 g/mol. The minimum atomic E-state index is -1.01. The van der Waals surface area contributed by atoms with E-state index in [1.165, 1.54) is 6.07 Å². The van der Waals surface area contributed by atoms with Crippen molar-refractivity contribution in [2.75, 3.05) is 5.75 Å². The zero-order valence-corrected chi connectivity index (χ0v) is 20.0. The molecule has 2 rings (SSSR count). The molecule has 0 radical (unpaired) electrons. The van der Waals surface area contributed by atoms with Gasteiger partial charge in [0, 0.05) is 23.1 Å². The van der Waals surface area contributed by atoms with Gasteiger partial charge in [0.2, 0.25) is 5.91 Å². The Morgan fingerprint density at radius 3 is 2.65 bits per heavy atom. The van der Waals surface area contributed by atoms with E-state index >= 15 is 0 Å². The molecule has 0 spiro atoms. The topological polar surface area (TPSA) is 84.2 Å². The van der Waals surface area contributed by atoms with E-state index in [4.69, 9.17) is 16.7 Å². The number of amides is 1. The highest BCUT2D eigenvalue weighted by Crippen LogP contribution is 2.22. The lowest BCUT2D eigenvalue weighted by molar-refractivity contribution is -0.124. The monoisotopic (exact) mass is 465 g/mol. The minimum absolute atomic E-state index is 0.00426. The minimum Gasteiger partial charge on any atom is -0.478 e. The van der Waals surface area contributed by atoms with Crippen LogP contribution in [0.5, 0.6) is 0 Å². The van der Waals surface area contributed by atoms with Crippen LogP contribution in [0.25, 0.3) is 0 Å². The van der Waals surface area contributed by atoms with Gasteiger partial charge < -0.3 is 15.0 Å². The van der Waals surface area contributed by atoms with Crippen LogP contribution in [0.3, 0.4) is 0 Å². The molecule has 8 heteroatoms. The molecule has 1 amide bonds. The van der Waals surface area contributed by atoms with E-state index in [0.717, 1.165) is 42.8 Å². The normalized spacial score (nSPS) is 12.2. The van der Waals surface area contributed by atoms with Crippen LogP contribution >= 0.6 is 24.2 Å². The molecule has 170 valence electrons. The fraction of sp³-hybridized carbons (Fsp3) is 0.522. The molecule has 6 nitrogen and oxygen atoms in total. The van der Waals surface area contributed by atoms with Gasteiger partial charge in [-0.3, -0.25) is 4.79 Å². The number of carboxylic acids is 1. The van der Waals surface area contributed by atoms with E-state index in [0.29, 0.717) is 29.8 Å². The summed E-state index contributed by atoms with van der Waals surface area (Å²) in [7, 11) is 0. The number of benzene rings is 1. The number of nitrogens with one attached hydrogen (secondary N) is 1. The number of carbonyl (C=O) groups is 2. The molecule has 1 atom stereocenters. The van der Waals surface area contributed by atoms with Gasteiger partial charge in [0.25, 0.3) is 0 Å². The Morgan fingerprint density at radius 2 is 2.06 bits per heavy atom. The Kier molecular flexibility index (Phi) is 9.91. The lowest BCUT2D eigenvalue weighted by Crippen LogP contribution is -2.33. The first-order valence-corrected chi connectivity index (χ1v) is 11.7. The molecule has 0 aliphatic rings. The largest absolute Gasteiger partial charge is 0.478 e. The quantitative estimate of drug-likeness (QED) is 0.392. The van der Waals surface area contributed by atoms with Crippen molar-refractivity contribution in [2.45, 2.75) is 59.5 Å². The summed E-state index contributed by atoms with van der Waals surface area (Å²) < 4.78 is 2.07. The van der Waals surface area contributed by atoms with Crippen molar-refractivity contribution >= 4 is 36.1 Å². The number of carboxylic acid groups (broad SMARTS) is 1. The number of rotatable bonds is 12. The Bertz CT molecular complexity index is 898. The van der Waals surface area contributed by atoms with Crippen molar-refractivity contribution in [2.24, 2.45) is 11.8 Å². The number of halogens is 1. The summed E-state index contributed by atoms with van der Waals surface area (Å²) in [6.45, 7) is 7.15. The van der Waals surface area contributed by atoms with Crippen molar-refractivity contribution in [3.05, 3.63) is 52.1 Å². The number of aromatic carboxylic acids is 1. The van der Waals surface area contributed by atoms with E-state index in [9.17, 15) is 9.59 Å². The van der Waals surface area contributed by atoms with Gasteiger partial charge in [-0.05, 0) is 36.5 Å². The molecule has 0 bridgehead atoms. The van der Waals surface area contributed by atoms with E-state index in [2.05, 4.69) is 48.3 Å². The molecule has 0 saturated carbocycles. The van der Waals surface area contributed by atoms with Gasteiger partial charge in [0.15, 0.2) is 0 Å². The van der Waals surface area contributed by atoms with Crippen LogP contribution in [0, 0.1) is 11.8 Å². The number of nitrogens with zero attached hydrogens (tertiary/aromatic N) is 2. The summed E-state index contributed by atoms with van der Waals surface area (Å²) >= 11 is 10.7. The zero-order valence-electron chi connectivity index (χ0n) is 18.4. The number of aryl methyl sites for hydroxylation is 1. The lowest BCUT2D eigenvalue weighted by Gasteiger charge is -2.18. The molecule has 0 fully saturated rings. The Morgan fingerprint density at radius 1 is 1.32 bits per heavy atom. The van der Waals surface area contributed by atoms with Gasteiger partial charge >= 0.3 is 5.97 Å². The number of carbonyl (C=O) groups excluding carboxylic acids is 1. The molecular weight excluding hydrogens is 434 g/mol. The van der Waals surface area contributed by atoms with Crippen LogP contribution in [-0.2, 0) is 24.3 Å². The number of aromatic nitrogens is 2. The van der Waals surface area contributed by atoms with Gasteiger partial charge in [0.05, 0.1) is 30.5 Å². The summed E-state index contributed by atoms with van der Waals surface area (Å²) in [5.74, 6) is 0.717. The third-order valence-corrected chi connectivity index (χ3v) is 5.99. The van der Waals surface area contributed by atoms with E-state index in [1.807, 2.05) is 0 Å². The molecule has 0 aliphatic heterocycles. The lowest BCUT2D eigenvalue weighted by atomic mass is 9.98. The van der Waals surface area contributed by atoms with Crippen molar-refractivity contribution in [3.63, 3.8) is 0 Å². The second-order valence-corrected chi connectivity index (χ2v) is 8.97. The number of hydrogen-bond donors (Lipinski definition) is 3. The molecule has 2 N–H and O–H groups in total. The summed E-state index contributed by atoms with van der Waals surface area (Å²) in [4.78, 5) is 28.4. The van der Waals surface area contributed by atoms with Gasteiger partial charge in [-0.25, -0.2) is 9.78 Å². The third-order valence-electron chi connectivity index (χ3n) is 5.19. The molecular formula is C23H32ClN3O3S. The van der Waals surface area contributed by atoms with Crippen LogP contribution in [0.1, 0.15) is 67.5 Å². The molecule has 0 saturated heterocycles. The van der Waals surface area contributed by atoms with Crippen LogP contribution < -0.4 is 5.32 Å². The smallest absolute Gasteiger partial charge is 0.335 e. The maximum atomic E-state index is 12.6. The van der Waals surface area contributed by atoms with Crippen molar-refractivity contribution in [3.8, 4) is 0 Å². The van der Waals surface area contributed by atoms with Gasteiger partial charge in [-0.1, -0.05) is 44.9 Å². The highest BCUT2D eigenvalue weighted by Gasteiger charge is 2.19. The highest BCUT2D eigenvalue weighted by atomic mass is 35.5. The Labute approximate surface area is 194 Å². The van der Waals surface area contributed by atoms with Crippen LogP contribution in [-0.4, -0.2) is 32.3 Å². The van der Waals surface area contributed by atoms with Crippen molar-refractivity contribution in [1.29, 1.82) is 0 Å². The predicted octanol–water partition coefficient (Wildman–Crippen LogP) is 4.83. The Balaban J connectivity index is 2.22. The van der Waals surface area contributed by atoms with Gasteiger partial charge in [-0.2, -0.15) is 12.6 Å². The van der Waals surface area contributed by atoms with Crippen LogP contribution in [0.2, 0.25) is 5.02 Å². The molecule has 31 heavy (non-hydrogen) atoms. The van der Waals surface area contributed by atoms with Gasteiger partial charge in [0.1, 0.15) is 5.82 Å². The maximum absolute atomic E-state index is 12.6. The first kappa shape index (κ1) is 25.3. The summed E-state index contributed by atoms with van der Waals surface area (Å²) in [5, 5.41) is 12.6. The molecule has 2 aromatic rings. The fourth-order valence-corrected chi connectivity index (χ4v) is 4.01. The highest BCUT2D eigenvalue weighted by molar-refractivity contribution is 7.80. The first-order chi connectivity index (χ1) is 14.8. The maximum Gasteiger partial charge on any atom is 0.335 e. The second-order valence-electron chi connectivity index (χ2n) is 8.19. The SMILES string of the molecule is CCCCc1ncc(CNC(=O)[C@@H](CS)CC(C)C)n1Cc1ccc(C(=O)O)cc1Cl. The standard InChI is InChI=1S/C23H32ClN3O3S/c1-4-5-6-21-25-11-19(12-26-22(28)18(14-31)9-15(2)3)27(21)13-17-8-7-16(23(29)30)10-20(17)24/h7-8,10-11,15,18,31H,4-6,9,12-14H2,1-3H3,(H,26,28)(H,29,30)/t18-/m1/s1. The number of thiol groups is 1. The van der Waals surface area contributed by atoms with Crippen LogP contribution in [0.15, 0.2) is 24.4 Å².